The van der Waals surface area contributed by atoms with Crippen molar-refractivity contribution in [3.63, 3.8) is 0 Å². The molecule has 25 heavy (non-hydrogen) atoms. The zero-order valence-corrected chi connectivity index (χ0v) is 15.4. The number of carbonyl (C=O) groups is 1. The van der Waals surface area contributed by atoms with E-state index in [0.717, 1.165) is 11.3 Å². The molecule has 0 aliphatic heterocycles. The van der Waals surface area contributed by atoms with Crippen LogP contribution >= 0.6 is 33.9 Å². The monoisotopic (exact) mass is 474 g/mol. The summed E-state index contributed by atoms with van der Waals surface area (Å²) in [6, 6.07) is 15.0. The summed E-state index contributed by atoms with van der Waals surface area (Å²) in [4.78, 5) is 15.9. The summed E-state index contributed by atoms with van der Waals surface area (Å²) >= 11 is 2.80. The van der Waals surface area contributed by atoms with Gasteiger partial charge in [0.25, 0.3) is 5.91 Å². The number of anilines is 1. The van der Waals surface area contributed by atoms with Crippen molar-refractivity contribution in [3.05, 3.63) is 69.4 Å². The molecule has 0 radical (unpaired) electrons. The Labute approximate surface area is 159 Å². The van der Waals surface area contributed by atoms with Crippen LogP contribution in [0.1, 0.15) is 16.1 Å². The number of aromatic nitrogens is 1. The number of hydrogen-bond acceptors (Lipinski definition) is 3. The van der Waals surface area contributed by atoms with Crippen LogP contribution in [-0.2, 0) is 6.18 Å². The average Bonchev–Trinajstić information content (AvgIpc) is 3.00. The van der Waals surface area contributed by atoms with E-state index in [1.807, 2.05) is 22.6 Å². The summed E-state index contributed by atoms with van der Waals surface area (Å²) in [6.45, 7) is 0. The molecule has 0 saturated carbocycles. The number of thiazole rings is 1. The van der Waals surface area contributed by atoms with E-state index < -0.39 is 17.8 Å². The number of halogens is 4. The van der Waals surface area contributed by atoms with Crippen molar-refractivity contribution in [2.45, 2.75) is 6.18 Å². The van der Waals surface area contributed by atoms with Crippen molar-refractivity contribution in [2.24, 2.45) is 0 Å². The summed E-state index contributed by atoms with van der Waals surface area (Å²) < 4.78 is 40.6. The summed E-state index contributed by atoms with van der Waals surface area (Å²) in [7, 11) is 0. The van der Waals surface area contributed by atoms with Gasteiger partial charge >= 0.3 is 6.18 Å². The first-order valence-electron chi connectivity index (χ1n) is 7.05. The van der Waals surface area contributed by atoms with Crippen LogP contribution in [0.15, 0.2) is 54.6 Å². The molecule has 3 nitrogen and oxygen atoms in total. The van der Waals surface area contributed by atoms with Gasteiger partial charge in [-0.25, -0.2) is 4.98 Å². The molecule has 0 fully saturated rings. The fourth-order valence-corrected chi connectivity index (χ4v) is 3.78. The van der Waals surface area contributed by atoms with E-state index in [4.69, 9.17) is 0 Å². The van der Waals surface area contributed by atoms with Gasteiger partial charge in [-0.3, -0.25) is 10.1 Å². The van der Waals surface area contributed by atoms with E-state index in [9.17, 15) is 18.0 Å². The van der Waals surface area contributed by atoms with Gasteiger partial charge in [0, 0.05) is 3.57 Å². The highest BCUT2D eigenvalue weighted by molar-refractivity contribution is 14.1. The third kappa shape index (κ3) is 4.01. The van der Waals surface area contributed by atoms with Gasteiger partial charge in [0.2, 0.25) is 0 Å². The predicted octanol–water partition coefficient (Wildman–Crippen LogP) is 5.69. The van der Waals surface area contributed by atoms with Crippen LogP contribution in [0.2, 0.25) is 0 Å². The number of nitrogens with one attached hydrogen (secondary N) is 1. The second-order valence-electron chi connectivity index (χ2n) is 4.99. The molecule has 0 bridgehead atoms. The van der Waals surface area contributed by atoms with Crippen LogP contribution in [0.4, 0.5) is 18.3 Å². The maximum absolute atomic E-state index is 13.3. The van der Waals surface area contributed by atoms with Crippen molar-refractivity contribution >= 4 is 45.0 Å². The molecule has 128 valence electrons. The number of alkyl halides is 3. The van der Waals surface area contributed by atoms with Crippen molar-refractivity contribution in [3.8, 4) is 10.4 Å². The number of hydrogen-bond donors (Lipinski definition) is 1. The minimum absolute atomic E-state index is 0.0221. The highest BCUT2D eigenvalue weighted by Gasteiger charge is 2.38. The van der Waals surface area contributed by atoms with Crippen LogP contribution in [0.25, 0.3) is 10.4 Å². The molecule has 3 rings (SSSR count). The largest absolute Gasteiger partial charge is 0.434 e. The topological polar surface area (TPSA) is 42.0 Å². The Balaban J connectivity index is 1.97. The lowest BCUT2D eigenvalue weighted by Crippen LogP contribution is -2.14. The molecule has 3 aromatic rings. The van der Waals surface area contributed by atoms with E-state index in [-0.39, 0.29) is 10.0 Å². The zero-order valence-electron chi connectivity index (χ0n) is 12.5. The lowest BCUT2D eigenvalue weighted by atomic mass is 10.1. The third-order valence-electron chi connectivity index (χ3n) is 3.27. The second-order valence-corrected chi connectivity index (χ2v) is 7.16. The van der Waals surface area contributed by atoms with Crippen LogP contribution in [0, 0.1) is 3.57 Å². The van der Waals surface area contributed by atoms with Crippen LogP contribution < -0.4 is 5.32 Å². The van der Waals surface area contributed by atoms with Crippen LogP contribution in [0.3, 0.4) is 0 Å². The molecule has 2 aromatic carbocycles. The van der Waals surface area contributed by atoms with Gasteiger partial charge < -0.3 is 0 Å². The van der Waals surface area contributed by atoms with Crippen molar-refractivity contribution in [2.75, 3.05) is 5.32 Å². The molecular formula is C17H10F3IN2OS. The molecule has 1 heterocycles. The first kappa shape index (κ1) is 17.9. The van der Waals surface area contributed by atoms with Crippen LogP contribution in [0.5, 0.6) is 0 Å². The maximum atomic E-state index is 13.3. The lowest BCUT2D eigenvalue weighted by molar-refractivity contribution is -0.140. The number of amides is 1. The molecule has 1 amide bonds. The van der Waals surface area contributed by atoms with E-state index >= 15 is 0 Å². The van der Waals surface area contributed by atoms with E-state index in [1.165, 1.54) is 0 Å². The lowest BCUT2D eigenvalue weighted by Gasteiger charge is -2.05. The quantitative estimate of drug-likeness (QED) is 0.496. The Kier molecular flexibility index (Phi) is 5.09. The SMILES string of the molecule is O=C(Nc1nc(C(F)(F)F)c(-c2ccccc2)s1)c1ccccc1I. The number of carbonyl (C=O) groups excluding carboxylic acids is 1. The Morgan fingerprint density at radius 3 is 2.32 bits per heavy atom. The molecule has 0 unspecified atom stereocenters. The van der Waals surface area contributed by atoms with Gasteiger partial charge in [0.15, 0.2) is 10.8 Å². The molecule has 1 N–H and O–H groups in total. The van der Waals surface area contributed by atoms with Gasteiger partial charge in [0.1, 0.15) is 0 Å². The first-order chi connectivity index (χ1) is 11.9. The Hall–Kier alpha value is -1.94. The average molecular weight is 474 g/mol. The molecule has 0 aliphatic carbocycles. The van der Waals surface area contributed by atoms with Crippen molar-refractivity contribution in [1.29, 1.82) is 0 Å². The molecule has 1 aromatic heterocycles. The number of nitrogens with zero attached hydrogens (tertiary/aromatic N) is 1. The number of rotatable bonds is 3. The normalized spacial score (nSPS) is 11.4. The Morgan fingerprint density at radius 2 is 1.68 bits per heavy atom. The second kappa shape index (κ2) is 7.12. The maximum Gasteiger partial charge on any atom is 0.434 e. The van der Waals surface area contributed by atoms with Gasteiger partial charge in [-0.05, 0) is 40.3 Å². The van der Waals surface area contributed by atoms with Crippen molar-refractivity contribution in [1.82, 2.24) is 4.98 Å². The molecule has 0 atom stereocenters. The highest BCUT2D eigenvalue weighted by atomic mass is 127. The zero-order chi connectivity index (χ0) is 18.0. The molecule has 0 saturated heterocycles. The minimum Gasteiger partial charge on any atom is -0.298 e. The third-order valence-corrected chi connectivity index (χ3v) is 5.23. The van der Waals surface area contributed by atoms with Gasteiger partial charge in [-0.15, -0.1) is 0 Å². The van der Waals surface area contributed by atoms with E-state index in [1.54, 1.807) is 54.6 Å². The summed E-state index contributed by atoms with van der Waals surface area (Å²) in [5.74, 6) is -0.493. The standard InChI is InChI=1S/C17H10F3IN2OS/c18-17(19,20)14-13(10-6-2-1-3-7-10)25-16(22-14)23-15(24)11-8-4-5-9-12(11)21/h1-9H,(H,22,23,24). The summed E-state index contributed by atoms with van der Waals surface area (Å²) in [5, 5.41) is 2.38. The van der Waals surface area contributed by atoms with Gasteiger partial charge in [0.05, 0.1) is 10.4 Å². The minimum atomic E-state index is -4.61. The van der Waals surface area contributed by atoms with E-state index in [0.29, 0.717) is 14.7 Å². The Morgan fingerprint density at radius 1 is 1.04 bits per heavy atom. The summed E-state index contributed by atoms with van der Waals surface area (Å²) in [5.41, 5.74) is -0.211. The fourth-order valence-electron chi connectivity index (χ4n) is 2.16. The first-order valence-corrected chi connectivity index (χ1v) is 8.95. The van der Waals surface area contributed by atoms with Crippen molar-refractivity contribution < 1.29 is 18.0 Å². The van der Waals surface area contributed by atoms with E-state index in [2.05, 4.69) is 10.3 Å². The van der Waals surface area contributed by atoms with Gasteiger partial charge in [-0.1, -0.05) is 53.8 Å². The molecule has 8 heteroatoms. The van der Waals surface area contributed by atoms with Crippen LogP contribution in [-0.4, -0.2) is 10.9 Å². The highest BCUT2D eigenvalue weighted by Crippen LogP contribution is 2.41. The molecule has 0 spiro atoms. The fraction of sp³-hybridized carbons (Fsp3) is 0.0588. The predicted molar refractivity (Wildman–Crippen MR) is 99.7 cm³/mol. The molecule has 0 aliphatic rings. The number of benzene rings is 2. The smallest absolute Gasteiger partial charge is 0.298 e. The van der Waals surface area contributed by atoms with Gasteiger partial charge in [-0.2, -0.15) is 13.2 Å². The molecular weight excluding hydrogens is 464 g/mol. The Bertz CT molecular complexity index is 910. The summed E-state index contributed by atoms with van der Waals surface area (Å²) in [6.07, 6.45) is -4.61.